The third kappa shape index (κ3) is 5.97. The van der Waals surface area contributed by atoms with Gasteiger partial charge in [0.2, 0.25) is 0 Å². The Morgan fingerprint density at radius 1 is 1.14 bits per heavy atom. The number of esters is 1. The second-order valence-corrected chi connectivity index (χ2v) is 6.12. The van der Waals surface area contributed by atoms with Crippen molar-refractivity contribution in [3.05, 3.63) is 65.2 Å². The van der Waals surface area contributed by atoms with Gasteiger partial charge in [-0.05, 0) is 24.1 Å². The summed E-state index contributed by atoms with van der Waals surface area (Å²) in [4.78, 5) is 23.2. The molecule has 150 valence electrons. The molecule has 2 aromatic rings. The molecule has 8 heteroatoms. The lowest BCUT2D eigenvalue weighted by Gasteiger charge is -2.20. The maximum atomic E-state index is 11.7. The van der Waals surface area contributed by atoms with Crippen LogP contribution in [0.3, 0.4) is 0 Å². The Hall–Kier alpha value is -3.10. The minimum Gasteiger partial charge on any atom is -0.465 e. The number of aliphatic hydroxyl groups excluding tert-OH is 2. The van der Waals surface area contributed by atoms with Crippen LogP contribution in [0.15, 0.2) is 48.5 Å². The number of aliphatic hydroxyl groups is 2. The maximum absolute atomic E-state index is 11.7. The van der Waals surface area contributed by atoms with Gasteiger partial charge >= 0.3 is 12.1 Å². The zero-order valence-corrected chi connectivity index (χ0v) is 15.5. The number of alkyl carbamates (subject to hydrolysis) is 1. The smallest absolute Gasteiger partial charge is 0.407 e. The number of carbonyl (C=O) groups is 2. The molecular weight excluding hydrogens is 364 g/mol. The second kappa shape index (κ2) is 10.3. The van der Waals surface area contributed by atoms with Gasteiger partial charge in [-0.25, -0.2) is 9.59 Å². The van der Waals surface area contributed by atoms with Crippen molar-refractivity contribution in [1.82, 2.24) is 5.32 Å². The van der Waals surface area contributed by atoms with Crippen LogP contribution in [0.2, 0.25) is 0 Å². The molecule has 5 N–H and O–H groups in total. The number of nitrogens with two attached hydrogens (primary N) is 1. The van der Waals surface area contributed by atoms with E-state index in [-0.39, 0.29) is 36.4 Å². The van der Waals surface area contributed by atoms with E-state index in [0.29, 0.717) is 0 Å². The number of rotatable bonds is 8. The first kappa shape index (κ1) is 21.2. The van der Waals surface area contributed by atoms with Gasteiger partial charge in [-0.2, -0.15) is 0 Å². The van der Waals surface area contributed by atoms with E-state index in [1.54, 1.807) is 0 Å². The molecule has 0 saturated carbocycles. The second-order valence-electron chi connectivity index (χ2n) is 6.12. The number of ether oxygens (including phenoxy) is 2. The third-order valence-corrected chi connectivity index (χ3v) is 4.11. The van der Waals surface area contributed by atoms with Crippen molar-refractivity contribution in [2.45, 2.75) is 25.2 Å². The average molecular weight is 388 g/mol. The van der Waals surface area contributed by atoms with Gasteiger partial charge in [-0.15, -0.1) is 0 Å². The highest BCUT2D eigenvalue weighted by atomic mass is 16.5. The van der Waals surface area contributed by atoms with Crippen molar-refractivity contribution >= 4 is 17.7 Å². The molecule has 0 aliphatic carbocycles. The van der Waals surface area contributed by atoms with E-state index in [9.17, 15) is 19.8 Å². The molecule has 2 aromatic carbocycles. The maximum Gasteiger partial charge on any atom is 0.407 e. The molecule has 0 aliphatic rings. The molecule has 0 bridgehead atoms. The SMILES string of the molecule is COC(=O)c1ccc(C(O)C(O)CCNC(=O)OCc2ccccc2)c(N)c1. The fourth-order valence-electron chi connectivity index (χ4n) is 2.55. The summed E-state index contributed by atoms with van der Waals surface area (Å²) in [6, 6.07) is 13.5. The van der Waals surface area contributed by atoms with Gasteiger partial charge in [0.25, 0.3) is 0 Å². The number of nitrogen functional groups attached to an aromatic ring is 1. The summed E-state index contributed by atoms with van der Waals surface area (Å²) in [7, 11) is 1.25. The van der Waals surface area contributed by atoms with E-state index in [4.69, 9.17) is 10.5 Å². The summed E-state index contributed by atoms with van der Waals surface area (Å²) in [5, 5.41) is 22.9. The Bertz CT molecular complexity index is 797. The molecule has 8 nitrogen and oxygen atoms in total. The van der Waals surface area contributed by atoms with Crippen molar-refractivity contribution in [3.8, 4) is 0 Å². The van der Waals surface area contributed by atoms with E-state index in [0.717, 1.165) is 5.56 Å². The van der Waals surface area contributed by atoms with Gasteiger partial charge in [0.1, 0.15) is 12.7 Å². The lowest BCUT2D eigenvalue weighted by atomic mass is 9.99. The highest BCUT2D eigenvalue weighted by Gasteiger charge is 2.21. The molecule has 0 fully saturated rings. The Balaban J connectivity index is 1.79. The first-order chi connectivity index (χ1) is 13.4. The van der Waals surface area contributed by atoms with E-state index < -0.39 is 24.3 Å². The molecule has 2 unspecified atom stereocenters. The van der Waals surface area contributed by atoms with Crippen molar-refractivity contribution in [1.29, 1.82) is 0 Å². The fraction of sp³-hybridized carbons (Fsp3) is 0.300. The molecule has 0 spiro atoms. The molecule has 0 aliphatic heterocycles. The van der Waals surface area contributed by atoms with Crippen LogP contribution in [-0.4, -0.2) is 42.0 Å². The summed E-state index contributed by atoms with van der Waals surface area (Å²) in [5.74, 6) is -0.550. The third-order valence-electron chi connectivity index (χ3n) is 4.11. The van der Waals surface area contributed by atoms with Gasteiger partial charge in [-0.1, -0.05) is 36.4 Å². The number of carbonyl (C=O) groups excluding carboxylic acids is 2. The monoisotopic (exact) mass is 388 g/mol. The van der Waals surface area contributed by atoms with E-state index in [1.807, 2.05) is 30.3 Å². The molecule has 2 atom stereocenters. The molecule has 0 heterocycles. The highest BCUT2D eigenvalue weighted by Crippen LogP contribution is 2.25. The van der Waals surface area contributed by atoms with Crippen LogP contribution < -0.4 is 11.1 Å². The Labute approximate surface area is 162 Å². The minimum absolute atomic E-state index is 0.0831. The first-order valence-corrected chi connectivity index (χ1v) is 8.70. The molecule has 0 aromatic heterocycles. The first-order valence-electron chi connectivity index (χ1n) is 8.70. The van der Waals surface area contributed by atoms with Crippen LogP contribution in [0.1, 0.15) is 34.0 Å². The summed E-state index contributed by atoms with van der Waals surface area (Å²) >= 11 is 0. The summed E-state index contributed by atoms with van der Waals surface area (Å²) in [6.45, 7) is 0.243. The minimum atomic E-state index is -1.27. The fourth-order valence-corrected chi connectivity index (χ4v) is 2.55. The lowest BCUT2D eigenvalue weighted by Crippen LogP contribution is -2.30. The molecule has 28 heavy (non-hydrogen) atoms. The summed E-state index contributed by atoms with van der Waals surface area (Å²) in [6.07, 6.45) is -2.97. The average Bonchev–Trinajstić information content (AvgIpc) is 2.71. The van der Waals surface area contributed by atoms with Gasteiger partial charge in [0, 0.05) is 17.8 Å². The summed E-state index contributed by atoms with van der Waals surface area (Å²) in [5.41, 5.74) is 7.40. The van der Waals surface area contributed by atoms with Crippen molar-refractivity contribution in [3.63, 3.8) is 0 Å². The Morgan fingerprint density at radius 2 is 1.86 bits per heavy atom. The standard InChI is InChI=1S/C20H24N2O6/c1-27-19(25)14-7-8-15(16(21)11-14)18(24)17(23)9-10-22-20(26)28-12-13-5-3-2-4-6-13/h2-8,11,17-18,23-24H,9-10,12,21H2,1H3,(H,22,26). The van der Waals surface area contributed by atoms with Crippen molar-refractivity contribution in [2.75, 3.05) is 19.4 Å². The number of methoxy groups -OCH3 is 1. The van der Waals surface area contributed by atoms with Crippen LogP contribution in [-0.2, 0) is 16.1 Å². The van der Waals surface area contributed by atoms with Crippen molar-refractivity contribution < 1.29 is 29.3 Å². The van der Waals surface area contributed by atoms with Gasteiger partial charge in [0.05, 0.1) is 18.8 Å². The number of benzene rings is 2. The molecule has 0 saturated heterocycles. The van der Waals surface area contributed by atoms with Crippen LogP contribution in [0.4, 0.5) is 10.5 Å². The van der Waals surface area contributed by atoms with Crippen molar-refractivity contribution in [2.24, 2.45) is 0 Å². The van der Waals surface area contributed by atoms with Gasteiger partial charge in [-0.3, -0.25) is 0 Å². The van der Waals surface area contributed by atoms with Gasteiger partial charge in [0.15, 0.2) is 0 Å². The lowest BCUT2D eigenvalue weighted by molar-refractivity contribution is 0.0140. The van der Waals surface area contributed by atoms with E-state index in [1.165, 1.54) is 25.3 Å². The number of anilines is 1. The number of nitrogens with one attached hydrogen (secondary N) is 1. The van der Waals surface area contributed by atoms with Crippen LogP contribution in [0, 0.1) is 0 Å². The largest absolute Gasteiger partial charge is 0.465 e. The van der Waals surface area contributed by atoms with Crippen LogP contribution >= 0.6 is 0 Å². The molecule has 0 radical (unpaired) electrons. The number of hydrogen-bond acceptors (Lipinski definition) is 7. The predicted octanol–water partition coefficient (Wildman–Crippen LogP) is 1.77. The Morgan fingerprint density at radius 3 is 2.50 bits per heavy atom. The molecular formula is C20H24N2O6. The molecule has 1 amide bonds. The topological polar surface area (TPSA) is 131 Å². The zero-order valence-electron chi connectivity index (χ0n) is 15.5. The zero-order chi connectivity index (χ0) is 20.5. The predicted molar refractivity (Wildman–Crippen MR) is 102 cm³/mol. The Kier molecular flexibility index (Phi) is 7.79. The summed E-state index contributed by atoms with van der Waals surface area (Å²) < 4.78 is 9.67. The molecule has 2 rings (SSSR count). The highest BCUT2D eigenvalue weighted by molar-refractivity contribution is 5.90. The van der Waals surface area contributed by atoms with E-state index >= 15 is 0 Å². The van der Waals surface area contributed by atoms with Gasteiger partial charge < -0.3 is 30.7 Å². The van der Waals surface area contributed by atoms with E-state index in [2.05, 4.69) is 10.1 Å². The normalized spacial score (nSPS) is 12.7. The van der Waals surface area contributed by atoms with Crippen LogP contribution in [0.5, 0.6) is 0 Å². The number of hydrogen-bond donors (Lipinski definition) is 4. The van der Waals surface area contributed by atoms with Crippen LogP contribution in [0.25, 0.3) is 0 Å². The quantitative estimate of drug-likeness (QED) is 0.400. The number of amides is 1.